The fourth-order valence-electron chi connectivity index (χ4n) is 1.45. The van der Waals surface area contributed by atoms with Gasteiger partial charge < -0.3 is 0 Å². The Hall–Kier alpha value is -0.640. The summed E-state index contributed by atoms with van der Waals surface area (Å²) in [6.07, 6.45) is 5.84. The zero-order valence-corrected chi connectivity index (χ0v) is 11.2. The van der Waals surface area contributed by atoms with E-state index >= 15 is 0 Å². The number of aromatic nitrogens is 3. The second-order valence-electron chi connectivity index (χ2n) is 3.92. The third-order valence-electron chi connectivity index (χ3n) is 2.18. The minimum Gasteiger partial charge on any atom is -0.247 e. The standard InChI is InChI=1S/C11H18BrN3/c1-9(2)15-11(13-8-14-15)7-10(3)5-4-6-12/h5,8-9H,4,6-7H2,1-3H3. The van der Waals surface area contributed by atoms with E-state index in [2.05, 4.69) is 52.9 Å². The molecular formula is C11H18BrN3. The molecule has 84 valence electrons. The van der Waals surface area contributed by atoms with E-state index < -0.39 is 0 Å². The van der Waals surface area contributed by atoms with Crippen LogP contribution in [0.3, 0.4) is 0 Å². The molecule has 4 heteroatoms. The minimum absolute atomic E-state index is 0.381. The SMILES string of the molecule is CC(=CCCBr)Cc1ncnn1C(C)C. The molecule has 0 N–H and O–H groups in total. The molecule has 1 heterocycles. The topological polar surface area (TPSA) is 30.7 Å². The Bertz CT molecular complexity index is 328. The van der Waals surface area contributed by atoms with Crippen molar-refractivity contribution in [2.75, 3.05) is 5.33 Å². The van der Waals surface area contributed by atoms with Gasteiger partial charge in [0.25, 0.3) is 0 Å². The van der Waals surface area contributed by atoms with Crippen molar-refractivity contribution in [3.63, 3.8) is 0 Å². The Morgan fingerprint density at radius 1 is 1.60 bits per heavy atom. The van der Waals surface area contributed by atoms with Gasteiger partial charge in [0, 0.05) is 17.8 Å². The predicted molar refractivity (Wildman–Crippen MR) is 66.3 cm³/mol. The van der Waals surface area contributed by atoms with Crippen molar-refractivity contribution < 1.29 is 0 Å². The monoisotopic (exact) mass is 271 g/mol. The predicted octanol–water partition coefficient (Wildman–Crippen LogP) is 3.13. The molecule has 0 saturated heterocycles. The highest BCUT2D eigenvalue weighted by Gasteiger charge is 2.07. The van der Waals surface area contributed by atoms with Crippen molar-refractivity contribution in [3.05, 3.63) is 23.8 Å². The van der Waals surface area contributed by atoms with Gasteiger partial charge in [-0.15, -0.1) is 0 Å². The van der Waals surface area contributed by atoms with Crippen LogP contribution in [0.4, 0.5) is 0 Å². The molecule has 0 amide bonds. The van der Waals surface area contributed by atoms with Crippen LogP contribution in [0, 0.1) is 0 Å². The third kappa shape index (κ3) is 3.78. The maximum Gasteiger partial charge on any atom is 0.138 e. The number of hydrogen-bond donors (Lipinski definition) is 0. The number of halogens is 1. The first kappa shape index (κ1) is 12.4. The lowest BCUT2D eigenvalue weighted by atomic mass is 10.2. The van der Waals surface area contributed by atoms with E-state index in [-0.39, 0.29) is 0 Å². The van der Waals surface area contributed by atoms with Gasteiger partial charge in [0.05, 0.1) is 0 Å². The summed E-state index contributed by atoms with van der Waals surface area (Å²) in [7, 11) is 0. The van der Waals surface area contributed by atoms with Crippen LogP contribution in [0.2, 0.25) is 0 Å². The fourth-order valence-corrected chi connectivity index (χ4v) is 1.68. The van der Waals surface area contributed by atoms with E-state index in [1.165, 1.54) is 5.57 Å². The molecule has 0 aliphatic carbocycles. The second-order valence-corrected chi connectivity index (χ2v) is 4.71. The summed E-state index contributed by atoms with van der Waals surface area (Å²) >= 11 is 3.42. The molecule has 3 nitrogen and oxygen atoms in total. The molecule has 15 heavy (non-hydrogen) atoms. The van der Waals surface area contributed by atoms with Crippen LogP contribution in [-0.4, -0.2) is 20.1 Å². The van der Waals surface area contributed by atoms with Gasteiger partial charge in [0.2, 0.25) is 0 Å². The zero-order valence-electron chi connectivity index (χ0n) is 9.57. The van der Waals surface area contributed by atoms with Crippen LogP contribution in [-0.2, 0) is 6.42 Å². The van der Waals surface area contributed by atoms with Crippen LogP contribution in [0.25, 0.3) is 0 Å². The van der Waals surface area contributed by atoms with Gasteiger partial charge in [-0.25, -0.2) is 9.67 Å². The lowest BCUT2D eigenvalue weighted by Gasteiger charge is -2.09. The molecule has 0 atom stereocenters. The van der Waals surface area contributed by atoms with Gasteiger partial charge in [-0.05, 0) is 27.2 Å². The minimum atomic E-state index is 0.381. The highest BCUT2D eigenvalue weighted by Crippen LogP contribution is 2.10. The van der Waals surface area contributed by atoms with Crippen LogP contribution >= 0.6 is 15.9 Å². The molecule has 0 bridgehead atoms. The number of rotatable bonds is 5. The van der Waals surface area contributed by atoms with Gasteiger partial charge in [0.15, 0.2) is 0 Å². The van der Waals surface area contributed by atoms with E-state index in [0.29, 0.717) is 6.04 Å². The van der Waals surface area contributed by atoms with Gasteiger partial charge >= 0.3 is 0 Å². The first-order chi connectivity index (χ1) is 7.15. The summed E-state index contributed by atoms with van der Waals surface area (Å²) in [6, 6.07) is 0.381. The van der Waals surface area contributed by atoms with Crippen molar-refractivity contribution in [2.24, 2.45) is 0 Å². The summed E-state index contributed by atoms with van der Waals surface area (Å²) in [5, 5.41) is 5.23. The van der Waals surface area contributed by atoms with Crippen molar-refractivity contribution in [3.8, 4) is 0 Å². The normalized spacial score (nSPS) is 12.5. The van der Waals surface area contributed by atoms with Crippen LogP contribution in [0.15, 0.2) is 18.0 Å². The molecule has 0 aliphatic heterocycles. The Morgan fingerprint density at radius 2 is 2.33 bits per heavy atom. The zero-order chi connectivity index (χ0) is 11.3. The lowest BCUT2D eigenvalue weighted by Crippen LogP contribution is -2.08. The van der Waals surface area contributed by atoms with Crippen LogP contribution in [0.5, 0.6) is 0 Å². The van der Waals surface area contributed by atoms with E-state index in [4.69, 9.17) is 0 Å². The van der Waals surface area contributed by atoms with Crippen LogP contribution in [0.1, 0.15) is 39.1 Å². The Kier molecular flexibility index (Phi) is 5.02. The first-order valence-corrected chi connectivity index (χ1v) is 6.37. The molecule has 0 aliphatic rings. The van der Waals surface area contributed by atoms with Gasteiger partial charge in [-0.2, -0.15) is 5.10 Å². The van der Waals surface area contributed by atoms with Gasteiger partial charge in [-0.3, -0.25) is 0 Å². The van der Waals surface area contributed by atoms with Crippen molar-refractivity contribution in [2.45, 2.75) is 39.7 Å². The number of allylic oxidation sites excluding steroid dienone is 2. The molecule has 0 fully saturated rings. The third-order valence-corrected chi connectivity index (χ3v) is 2.63. The van der Waals surface area contributed by atoms with Gasteiger partial charge in [-0.1, -0.05) is 27.6 Å². The van der Waals surface area contributed by atoms with Gasteiger partial charge in [0.1, 0.15) is 12.2 Å². The lowest BCUT2D eigenvalue weighted by molar-refractivity contribution is 0.509. The van der Waals surface area contributed by atoms with E-state index in [1.807, 2.05) is 4.68 Å². The molecule has 1 aromatic heterocycles. The summed E-state index contributed by atoms with van der Waals surface area (Å²) < 4.78 is 1.98. The Balaban J connectivity index is 2.67. The molecule has 0 spiro atoms. The smallest absolute Gasteiger partial charge is 0.138 e. The van der Waals surface area contributed by atoms with Crippen molar-refractivity contribution in [1.29, 1.82) is 0 Å². The quantitative estimate of drug-likeness (QED) is 0.609. The molecule has 0 radical (unpaired) electrons. The molecule has 1 aromatic rings. The average molecular weight is 272 g/mol. The number of alkyl halides is 1. The summed E-state index contributed by atoms with van der Waals surface area (Å²) in [5.41, 5.74) is 1.35. The van der Waals surface area contributed by atoms with Crippen molar-refractivity contribution >= 4 is 15.9 Å². The maximum absolute atomic E-state index is 4.28. The van der Waals surface area contributed by atoms with Crippen molar-refractivity contribution in [1.82, 2.24) is 14.8 Å². The molecular weight excluding hydrogens is 254 g/mol. The Morgan fingerprint density at radius 3 is 2.93 bits per heavy atom. The second kappa shape index (κ2) is 6.05. The highest BCUT2D eigenvalue weighted by atomic mass is 79.9. The average Bonchev–Trinajstić information content (AvgIpc) is 2.62. The molecule has 1 rings (SSSR count). The number of nitrogens with zero attached hydrogens (tertiary/aromatic N) is 3. The molecule has 0 unspecified atom stereocenters. The van der Waals surface area contributed by atoms with E-state index in [9.17, 15) is 0 Å². The molecule has 0 saturated carbocycles. The van der Waals surface area contributed by atoms with E-state index in [1.54, 1.807) is 6.33 Å². The maximum atomic E-state index is 4.28. The number of hydrogen-bond acceptors (Lipinski definition) is 2. The highest BCUT2D eigenvalue weighted by molar-refractivity contribution is 9.09. The largest absolute Gasteiger partial charge is 0.247 e. The van der Waals surface area contributed by atoms with E-state index in [0.717, 1.165) is 24.0 Å². The fraction of sp³-hybridized carbons (Fsp3) is 0.636. The summed E-state index contributed by atoms with van der Waals surface area (Å²) in [4.78, 5) is 4.28. The first-order valence-electron chi connectivity index (χ1n) is 5.25. The summed E-state index contributed by atoms with van der Waals surface area (Å²) in [6.45, 7) is 6.38. The Labute approximate surface area is 99.7 Å². The molecule has 0 aromatic carbocycles. The summed E-state index contributed by atoms with van der Waals surface area (Å²) in [5.74, 6) is 1.05. The van der Waals surface area contributed by atoms with Crippen LogP contribution < -0.4 is 0 Å².